The molecule has 0 saturated carbocycles. The number of rotatable bonds is 11. The summed E-state index contributed by atoms with van der Waals surface area (Å²) in [6, 6.07) is 6.86. The number of benzene rings is 1. The predicted octanol–water partition coefficient (Wildman–Crippen LogP) is 1.82. The quantitative estimate of drug-likeness (QED) is 0.280. The fourth-order valence-corrected chi connectivity index (χ4v) is 1.97. The molecular weight excluding hydrogens is 306 g/mol. The first-order valence-corrected chi connectivity index (χ1v) is 7.69. The summed E-state index contributed by atoms with van der Waals surface area (Å²) in [6.07, 6.45) is 4.66. The maximum absolute atomic E-state index is 11.3. The van der Waals surface area contributed by atoms with E-state index in [1.165, 1.54) is 7.11 Å². The van der Waals surface area contributed by atoms with Crippen LogP contribution < -0.4 is 15.8 Å². The van der Waals surface area contributed by atoms with Crippen molar-refractivity contribution in [2.75, 3.05) is 20.3 Å². The van der Waals surface area contributed by atoms with Crippen molar-refractivity contribution in [1.82, 2.24) is 5.32 Å². The van der Waals surface area contributed by atoms with Crippen molar-refractivity contribution < 1.29 is 14.3 Å². The minimum Gasteiger partial charge on any atom is -0.494 e. The largest absolute Gasteiger partial charge is 0.494 e. The Hall–Kier alpha value is -2.60. The van der Waals surface area contributed by atoms with Gasteiger partial charge in [-0.2, -0.15) is 0 Å². The second-order valence-corrected chi connectivity index (χ2v) is 5.05. The van der Waals surface area contributed by atoms with E-state index in [-0.39, 0.29) is 0 Å². The van der Waals surface area contributed by atoms with E-state index in [9.17, 15) is 4.79 Å². The molecule has 1 aromatic carbocycles. The van der Waals surface area contributed by atoms with Gasteiger partial charge in [0.25, 0.3) is 0 Å². The van der Waals surface area contributed by atoms with Crippen molar-refractivity contribution in [2.24, 2.45) is 10.7 Å². The number of allylic oxidation sites excluding steroid dienone is 2. The van der Waals surface area contributed by atoms with Gasteiger partial charge in [0.05, 0.1) is 13.7 Å². The molecule has 1 rings (SSSR count). The van der Waals surface area contributed by atoms with Crippen LogP contribution in [0.1, 0.15) is 12.0 Å². The number of nitrogens with two attached hydrogens (primary N) is 1. The SMILES string of the molecule is C=C/C=C(\N=C)NCCCOc1ccc(CC(N)C(=O)OC)cc1. The fraction of sp³-hybridized carbons (Fsp3) is 0.333. The molecule has 6 nitrogen and oxygen atoms in total. The summed E-state index contributed by atoms with van der Waals surface area (Å²) in [5.41, 5.74) is 6.69. The van der Waals surface area contributed by atoms with Gasteiger partial charge in [0, 0.05) is 6.54 Å². The highest BCUT2D eigenvalue weighted by Crippen LogP contribution is 2.13. The predicted molar refractivity (Wildman–Crippen MR) is 96.1 cm³/mol. The van der Waals surface area contributed by atoms with Gasteiger partial charge in [0.1, 0.15) is 17.6 Å². The van der Waals surface area contributed by atoms with Gasteiger partial charge in [-0.05, 0) is 43.3 Å². The first kappa shape index (κ1) is 19.4. The molecular formula is C18H25N3O3. The molecule has 1 unspecified atom stereocenters. The molecule has 0 aliphatic rings. The summed E-state index contributed by atoms with van der Waals surface area (Å²) in [5, 5.41) is 3.13. The van der Waals surface area contributed by atoms with E-state index in [0.717, 1.165) is 24.3 Å². The molecule has 0 aliphatic heterocycles. The van der Waals surface area contributed by atoms with Crippen LogP contribution in [0.3, 0.4) is 0 Å². The maximum atomic E-state index is 11.3. The van der Waals surface area contributed by atoms with Gasteiger partial charge in [-0.25, -0.2) is 4.99 Å². The normalized spacial score (nSPS) is 12.2. The van der Waals surface area contributed by atoms with Crippen molar-refractivity contribution in [2.45, 2.75) is 18.9 Å². The average molecular weight is 331 g/mol. The molecule has 1 atom stereocenters. The smallest absolute Gasteiger partial charge is 0.322 e. The van der Waals surface area contributed by atoms with Gasteiger partial charge in [0.15, 0.2) is 0 Å². The molecule has 0 aliphatic carbocycles. The Bertz CT molecular complexity index is 567. The third kappa shape index (κ3) is 7.11. The average Bonchev–Trinajstić information content (AvgIpc) is 2.61. The van der Waals surface area contributed by atoms with Gasteiger partial charge >= 0.3 is 5.97 Å². The van der Waals surface area contributed by atoms with Crippen LogP contribution in [0.25, 0.3) is 0 Å². The Kier molecular flexibility index (Phi) is 8.93. The van der Waals surface area contributed by atoms with Gasteiger partial charge in [-0.1, -0.05) is 24.8 Å². The van der Waals surface area contributed by atoms with E-state index in [2.05, 4.69) is 28.3 Å². The molecule has 0 fully saturated rings. The zero-order chi connectivity index (χ0) is 17.8. The third-order valence-electron chi connectivity index (χ3n) is 3.22. The first-order valence-electron chi connectivity index (χ1n) is 7.69. The minimum atomic E-state index is -0.649. The van der Waals surface area contributed by atoms with Crippen LogP contribution in [0.15, 0.2) is 53.8 Å². The van der Waals surface area contributed by atoms with E-state index in [1.807, 2.05) is 24.3 Å². The summed E-state index contributed by atoms with van der Waals surface area (Å²) in [5.74, 6) is 1.05. The fourth-order valence-electron chi connectivity index (χ4n) is 1.97. The molecule has 0 heterocycles. The molecule has 0 radical (unpaired) electrons. The summed E-state index contributed by atoms with van der Waals surface area (Å²) in [6.45, 7) is 8.39. The van der Waals surface area contributed by atoms with E-state index >= 15 is 0 Å². The Morgan fingerprint density at radius 2 is 2.12 bits per heavy atom. The molecule has 0 bridgehead atoms. The Morgan fingerprint density at radius 3 is 2.71 bits per heavy atom. The monoisotopic (exact) mass is 331 g/mol. The van der Waals surface area contributed by atoms with E-state index in [1.54, 1.807) is 12.2 Å². The van der Waals surface area contributed by atoms with Crippen LogP contribution in [-0.2, 0) is 16.0 Å². The standard InChI is InChI=1S/C18H25N3O3/c1-4-6-17(20-2)21-11-5-12-24-15-9-7-14(8-10-15)13-16(19)18(22)23-3/h4,6-10,16,21H,1-2,5,11-13,19H2,3H3/b17-6+. The third-order valence-corrected chi connectivity index (χ3v) is 3.22. The molecule has 3 N–H and O–H groups in total. The Morgan fingerprint density at radius 1 is 1.42 bits per heavy atom. The second kappa shape index (κ2) is 11.0. The number of hydrogen-bond acceptors (Lipinski definition) is 6. The summed E-state index contributed by atoms with van der Waals surface area (Å²) >= 11 is 0. The summed E-state index contributed by atoms with van der Waals surface area (Å²) < 4.78 is 10.3. The van der Waals surface area contributed by atoms with Crippen molar-refractivity contribution in [3.63, 3.8) is 0 Å². The number of aliphatic imine (C=N–C) groups is 1. The van der Waals surface area contributed by atoms with Crippen LogP contribution in [-0.4, -0.2) is 39.0 Å². The maximum Gasteiger partial charge on any atom is 0.322 e. The van der Waals surface area contributed by atoms with Crippen LogP contribution in [0, 0.1) is 0 Å². The lowest BCUT2D eigenvalue weighted by Gasteiger charge is -2.11. The minimum absolute atomic E-state index is 0.415. The van der Waals surface area contributed by atoms with Crippen LogP contribution in [0.2, 0.25) is 0 Å². The van der Waals surface area contributed by atoms with E-state index in [4.69, 9.17) is 10.5 Å². The lowest BCUT2D eigenvalue weighted by atomic mass is 10.1. The lowest BCUT2D eigenvalue weighted by Crippen LogP contribution is -2.33. The summed E-state index contributed by atoms with van der Waals surface area (Å²) in [4.78, 5) is 15.1. The molecule has 24 heavy (non-hydrogen) atoms. The van der Waals surface area contributed by atoms with E-state index in [0.29, 0.717) is 18.8 Å². The number of esters is 1. The van der Waals surface area contributed by atoms with Gasteiger partial charge < -0.3 is 20.5 Å². The van der Waals surface area contributed by atoms with E-state index < -0.39 is 12.0 Å². The number of ether oxygens (including phenoxy) is 2. The van der Waals surface area contributed by atoms with Crippen molar-refractivity contribution in [3.05, 3.63) is 54.4 Å². The van der Waals surface area contributed by atoms with Crippen molar-refractivity contribution >= 4 is 12.7 Å². The zero-order valence-corrected chi connectivity index (χ0v) is 14.0. The molecule has 0 aromatic heterocycles. The molecule has 6 heteroatoms. The lowest BCUT2D eigenvalue weighted by molar-refractivity contribution is -0.142. The summed E-state index contributed by atoms with van der Waals surface area (Å²) in [7, 11) is 1.33. The molecule has 0 saturated heterocycles. The first-order chi connectivity index (χ1) is 11.6. The Balaban J connectivity index is 2.32. The molecule has 130 valence electrons. The van der Waals surface area contributed by atoms with Crippen LogP contribution in [0.4, 0.5) is 0 Å². The molecule has 0 amide bonds. The number of nitrogens with zero attached hydrogens (tertiary/aromatic N) is 1. The number of carbonyl (C=O) groups is 1. The highest BCUT2D eigenvalue weighted by molar-refractivity contribution is 5.75. The Labute approximate surface area is 143 Å². The number of methoxy groups -OCH3 is 1. The topological polar surface area (TPSA) is 85.9 Å². The highest BCUT2D eigenvalue weighted by atomic mass is 16.5. The van der Waals surface area contributed by atoms with Crippen LogP contribution >= 0.6 is 0 Å². The zero-order valence-electron chi connectivity index (χ0n) is 14.0. The van der Waals surface area contributed by atoms with Gasteiger partial charge in [-0.15, -0.1) is 0 Å². The van der Waals surface area contributed by atoms with Gasteiger partial charge in [0.2, 0.25) is 0 Å². The second-order valence-electron chi connectivity index (χ2n) is 5.05. The number of carbonyl (C=O) groups excluding carboxylic acids is 1. The number of nitrogens with one attached hydrogen (secondary N) is 1. The highest BCUT2D eigenvalue weighted by Gasteiger charge is 2.13. The molecule has 1 aromatic rings. The van der Waals surface area contributed by atoms with Gasteiger partial charge in [-0.3, -0.25) is 4.79 Å². The number of hydrogen-bond donors (Lipinski definition) is 2. The van der Waals surface area contributed by atoms with Crippen molar-refractivity contribution in [1.29, 1.82) is 0 Å². The van der Waals surface area contributed by atoms with Crippen molar-refractivity contribution in [3.8, 4) is 5.75 Å². The van der Waals surface area contributed by atoms with Crippen LogP contribution in [0.5, 0.6) is 5.75 Å². The molecule has 0 spiro atoms.